The molecule has 0 radical (unpaired) electrons. The second-order valence-electron chi connectivity index (χ2n) is 9.84. The summed E-state index contributed by atoms with van der Waals surface area (Å²) in [5, 5.41) is 0. The molecule has 0 N–H and O–H groups in total. The molecule has 4 amide bonds. The summed E-state index contributed by atoms with van der Waals surface area (Å²) in [5.41, 5.74) is 0. The van der Waals surface area contributed by atoms with Crippen LogP contribution in [0.25, 0.3) is 0 Å². The number of likely N-dealkylation sites (tertiary alicyclic amines) is 2. The Labute approximate surface area is 246 Å². The third-order valence-corrected chi connectivity index (χ3v) is 6.33. The summed E-state index contributed by atoms with van der Waals surface area (Å²) in [4.78, 5) is 120. The van der Waals surface area contributed by atoms with Crippen molar-refractivity contribution in [2.75, 3.05) is 19.9 Å². The van der Waals surface area contributed by atoms with E-state index in [-0.39, 0.29) is 77.3 Å². The Balaban J connectivity index is 1.55. The molecule has 2 heterocycles. The molecule has 0 aromatic carbocycles. The third kappa shape index (κ3) is 11.7. The van der Waals surface area contributed by atoms with E-state index in [2.05, 4.69) is 0 Å². The topological polar surface area (TPSA) is 214 Å². The number of rotatable bonds is 18. The maximum absolute atomic E-state index is 12.0. The van der Waals surface area contributed by atoms with Crippen LogP contribution >= 0.6 is 0 Å². The summed E-state index contributed by atoms with van der Waals surface area (Å²) < 4.78 is 19.2. The van der Waals surface area contributed by atoms with Crippen molar-refractivity contribution in [1.82, 2.24) is 9.80 Å². The van der Waals surface area contributed by atoms with Gasteiger partial charge < -0.3 is 18.9 Å². The van der Waals surface area contributed by atoms with Crippen LogP contribution in [0, 0.1) is 0 Å². The minimum atomic E-state index is -1.36. The maximum Gasteiger partial charge on any atom is 0.350 e. The van der Waals surface area contributed by atoms with Crippen molar-refractivity contribution >= 4 is 59.1 Å². The SMILES string of the molecule is CC(OC(=O)CCCC(=O)CN1C(=O)CCC1=O)C(=O)OCOC(=O)C(C)OC(=O)CCCC(=O)CN1C(=O)CCC1=O. The Bertz CT molecular complexity index is 1040. The van der Waals surface area contributed by atoms with Crippen molar-refractivity contribution in [2.45, 2.75) is 90.3 Å². The van der Waals surface area contributed by atoms with Gasteiger partial charge in [-0.25, -0.2) is 9.59 Å². The molecule has 2 aliphatic rings. The second kappa shape index (κ2) is 16.8. The lowest BCUT2D eigenvalue weighted by Crippen LogP contribution is -2.34. The molecule has 0 aromatic rings. The number of nitrogens with zero attached hydrogens (tertiary/aromatic N) is 2. The lowest BCUT2D eigenvalue weighted by molar-refractivity contribution is -0.185. The molecule has 43 heavy (non-hydrogen) atoms. The molecule has 0 spiro atoms. The number of imide groups is 2. The third-order valence-electron chi connectivity index (χ3n) is 6.33. The number of amides is 4. The second-order valence-corrected chi connectivity index (χ2v) is 9.84. The van der Waals surface area contributed by atoms with Crippen molar-refractivity contribution in [1.29, 1.82) is 0 Å². The van der Waals surface area contributed by atoms with Crippen LogP contribution in [-0.4, -0.2) is 101 Å². The highest BCUT2D eigenvalue weighted by Crippen LogP contribution is 2.14. The first-order valence-electron chi connectivity index (χ1n) is 13.7. The van der Waals surface area contributed by atoms with E-state index >= 15 is 0 Å². The number of carbonyl (C=O) groups excluding carboxylic acids is 10. The molecule has 0 saturated carbocycles. The molecule has 0 bridgehead atoms. The number of hydrogen-bond donors (Lipinski definition) is 0. The molecule has 16 nitrogen and oxygen atoms in total. The van der Waals surface area contributed by atoms with E-state index in [1.807, 2.05) is 0 Å². The van der Waals surface area contributed by atoms with Gasteiger partial charge in [-0.2, -0.15) is 0 Å². The monoisotopic (exact) mass is 610 g/mol. The zero-order chi connectivity index (χ0) is 32.1. The molecule has 0 aromatic heterocycles. The van der Waals surface area contributed by atoms with Crippen molar-refractivity contribution in [3.63, 3.8) is 0 Å². The van der Waals surface area contributed by atoms with Crippen molar-refractivity contribution in [3.8, 4) is 0 Å². The number of esters is 4. The zero-order valence-corrected chi connectivity index (χ0v) is 24.0. The molecule has 2 atom stereocenters. The first-order valence-corrected chi connectivity index (χ1v) is 13.7. The molecule has 16 heteroatoms. The van der Waals surface area contributed by atoms with E-state index in [1.165, 1.54) is 13.8 Å². The molecule has 236 valence electrons. The number of ketones is 2. The molecular weight excluding hydrogens is 576 g/mol. The summed E-state index contributed by atoms with van der Waals surface area (Å²) in [6, 6.07) is 0. The predicted molar refractivity (Wildman–Crippen MR) is 138 cm³/mol. The number of carbonyl (C=O) groups is 10. The Hall–Kier alpha value is -4.50. The summed E-state index contributed by atoms with van der Waals surface area (Å²) in [7, 11) is 0. The van der Waals surface area contributed by atoms with E-state index in [4.69, 9.17) is 18.9 Å². The van der Waals surface area contributed by atoms with Crippen LogP contribution < -0.4 is 0 Å². The quantitative estimate of drug-likeness (QED) is 0.0841. The number of ether oxygens (including phenoxy) is 4. The van der Waals surface area contributed by atoms with Gasteiger partial charge in [0.15, 0.2) is 23.8 Å². The summed E-state index contributed by atoms with van der Waals surface area (Å²) >= 11 is 0. The van der Waals surface area contributed by atoms with Gasteiger partial charge in [-0.05, 0) is 26.7 Å². The van der Waals surface area contributed by atoms with E-state index in [0.29, 0.717) is 0 Å². The fraction of sp³-hybridized carbons (Fsp3) is 0.630. The van der Waals surface area contributed by atoms with Gasteiger partial charge in [0.1, 0.15) is 0 Å². The molecular formula is C27H34N2O14. The zero-order valence-electron chi connectivity index (χ0n) is 24.0. The van der Waals surface area contributed by atoms with Crippen molar-refractivity contribution < 1.29 is 66.9 Å². The highest BCUT2D eigenvalue weighted by Gasteiger charge is 2.31. The van der Waals surface area contributed by atoms with E-state index in [1.54, 1.807) is 0 Å². The van der Waals surface area contributed by atoms with Crippen LogP contribution in [0.15, 0.2) is 0 Å². The molecule has 0 aliphatic carbocycles. The molecule has 2 unspecified atom stereocenters. The van der Waals surface area contributed by atoms with Crippen LogP contribution in [0.5, 0.6) is 0 Å². The summed E-state index contributed by atoms with van der Waals surface area (Å²) in [5.74, 6) is -6.13. The van der Waals surface area contributed by atoms with Gasteiger partial charge in [-0.1, -0.05) is 0 Å². The van der Waals surface area contributed by atoms with Gasteiger partial charge in [0, 0.05) is 51.4 Å². The van der Waals surface area contributed by atoms with Crippen molar-refractivity contribution in [3.05, 3.63) is 0 Å². The standard InChI is InChI=1S/C27H34N2O14/c1-16(42-24(36)7-3-5-18(30)13-28-20(32)9-10-21(28)33)26(38)40-15-41-27(39)17(2)43-25(37)8-4-6-19(31)14-29-22(34)11-12-23(29)35/h16-17H,3-15H2,1-2H3. The molecule has 2 rings (SSSR count). The largest absolute Gasteiger partial charge is 0.451 e. The average molecular weight is 611 g/mol. The Morgan fingerprint density at radius 1 is 0.581 bits per heavy atom. The smallest absolute Gasteiger partial charge is 0.350 e. The van der Waals surface area contributed by atoms with Gasteiger partial charge in [0.25, 0.3) is 0 Å². The van der Waals surface area contributed by atoms with E-state index in [9.17, 15) is 47.9 Å². The highest BCUT2D eigenvalue weighted by molar-refractivity contribution is 6.05. The summed E-state index contributed by atoms with van der Waals surface area (Å²) in [6.45, 7) is 0.883. The van der Waals surface area contributed by atoms with E-state index in [0.717, 1.165) is 9.80 Å². The maximum atomic E-state index is 12.0. The first kappa shape index (κ1) is 34.7. The fourth-order valence-corrected chi connectivity index (χ4v) is 3.96. The lowest BCUT2D eigenvalue weighted by Gasteiger charge is -2.15. The van der Waals surface area contributed by atoms with Gasteiger partial charge in [-0.3, -0.25) is 48.2 Å². The fourth-order valence-electron chi connectivity index (χ4n) is 3.96. The van der Waals surface area contributed by atoms with Gasteiger partial charge in [0.2, 0.25) is 30.4 Å². The van der Waals surface area contributed by atoms with Gasteiger partial charge in [-0.15, -0.1) is 0 Å². The normalized spacial score (nSPS) is 16.1. The number of hydrogen-bond acceptors (Lipinski definition) is 14. The minimum absolute atomic E-state index is 0.0691. The van der Waals surface area contributed by atoms with Crippen LogP contribution in [0.4, 0.5) is 0 Å². The van der Waals surface area contributed by atoms with Crippen LogP contribution in [0.1, 0.15) is 78.1 Å². The first-order chi connectivity index (χ1) is 20.3. The molecule has 2 fully saturated rings. The molecule has 2 saturated heterocycles. The van der Waals surface area contributed by atoms with Gasteiger partial charge >= 0.3 is 23.9 Å². The number of Topliss-reactive ketones (excluding diaryl/α,β-unsaturated/α-hetero) is 2. The van der Waals surface area contributed by atoms with Crippen LogP contribution in [-0.2, 0) is 66.9 Å². The van der Waals surface area contributed by atoms with Crippen molar-refractivity contribution in [2.24, 2.45) is 0 Å². The Kier molecular flexibility index (Phi) is 13.6. The predicted octanol–water partition coefficient (Wildman–Crippen LogP) is -0.329. The molecule has 2 aliphatic heterocycles. The summed E-state index contributed by atoms with van der Waals surface area (Å²) in [6.07, 6.45) is -2.89. The minimum Gasteiger partial charge on any atom is -0.451 e. The average Bonchev–Trinajstić information content (AvgIpc) is 3.42. The Morgan fingerprint density at radius 3 is 1.23 bits per heavy atom. The van der Waals surface area contributed by atoms with E-state index < -0.39 is 78.1 Å². The highest BCUT2D eigenvalue weighted by atomic mass is 16.7. The van der Waals surface area contributed by atoms with Gasteiger partial charge in [0.05, 0.1) is 13.1 Å². The van der Waals surface area contributed by atoms with Crippen LogP contribution in [0.3, 0.4) is 0 Å². The van der Waals surface area contributed by atoms with Crippen LogP contribution in [0.2, 0.25) is 0 Å². The lowest BCUT2D eigenvalue weighted by atomic mass is 10.1. The Morgan fingerprint density at radius 2 is 0.907 bits per heavy atom.